The molecule has 0 aliphatic carbocycles. The van der Waals surface area contributed by atoms with Crippen LogP contribution in [0.5, 0.6) is 0 Å². The standard InChI is InChI=1S/C15H25N3O2/c1-4-9-18(10-5-2)15(19)14-12-13(6-7-17-14)16-8-11-20-3/h6-7,12H,4-5,8-11H2,1-3H3,(H,16,17). The number of hydrogen-bond acceptors (Lipinski definition) is 4. The molecule has 1 amide bonds. The van der Waals surface area contributed by atoms with Crippen molar-refractivity contribution >= 4 is 11.6 Å². The van der Waals surface area contributed by atoms with Crippen LogP contribution >= 0.6 is 0 Å². The van der Waals surface area contributed by atoms with Crippen LogP contribution in [0.2, 0.25) is 0 Å². The van der Waals surface area contributed by atoms with Crippen LogP contribution in [-0.2, 0) is 4.74 Å². The lowest BCUT2D eigenvalue weighted by atomic mass is 10.2. The van der Waals surface area contributed by atoms with Crippen LogP contribution in [0.3, 0.4) is 0 Å². The molecule has 0 aliphatic rings. The van der Waals surface area contributed by atoms with E-state index < -0.39 is 0 Å². The Morgan fingerprint density at radius 1 is 1.35 bits per heavy atom. The van der Waals surface area contributed by atoms with Crippen molar-refractivity contribution in [3.05, 3.63) is 24.0 Å². The Morgan fingerprint density at radius 2 is 2.05 bits per heavy atom. The minimum atomic E-state index is 0.00379. The number of rotatable bonds is 9. The van der Waals surface area contributed by atoms with E-state index in [9.17, 15) is 4.79 Å². The Morgan fingerprint density at radius 3 is 2.65 bits per heavy atom. The highest BCUT2D eigenvalue weighted by Gasteiger charge is 2.15. The maximum absolute atomic E-state index is 12.4. The van der Waals surface area contributed by atoms with E-state index in [4.69, 9.17) is 4.74 Å². The van der Waals surface area contributed by atoms with Gasteiger partial charge in [-0.25, -0.2) is 0 Å². The molecule has 0 aromatic carbocycles. The van der Waals surface area contributed by atoms with Crippen LogP contribution in [0.25, 0.3) is 0 Å². The number of pyridine rings is 1. The van der Waals surface area contributed by atoms with E-state index >= 15 is 0 Å². The average molecular weight is 279 g/mol. The van der Waals surface area contributed by atoms with Gasteiger partial charge in [0.25, 0.3) is 5.91 Å². The first-order valence-electron chi connectivity index (χ1n) is 7.21. The van der Waals surface area contributed by atoms with E-state index in [1.165, 1.54) is 0 Å². The van der Waals surface area contributed by atoms with Crippen molar-refractivity contribution in [2.75, 3.05) is 38.7 Å². The number of methoxy groups -OCH3 is 1. The molecule has 0 aliphatic heterocycles. The number of ether oxygens (including phenoxy) is 1. The average Bonchev–Trinajstić information content (AvgIpc) is 2.47. The van der Waals surface area contributed by atoms with Gasteiger partial charge in [-0.1, -0.05) is 13.8 Å². The lowest BCUT2D eigenvalue weighted by Crippen LogP contribution is -2.33. The van der Waals surface area contributed by atoms with Gasteiger partial charge in [0.2, 0.25) is 0 Å². The molecule has 0 radical (unpaired) electrons. The van der Waals surface area contributed by atoms with Crippen molar-refractivity contribution in [1.29, 1.82) is 0 Å². The smallest absolute Gasteiger partial charge is 0.272 e. The summed E-state index contributed by atoms with van der Waals surface area (Å²) >= 11 is 0. The molecule has 1 heterocycles. The number of carbonyl (C=O) groups is 1. The minimum absolute atomic E-state index is 0.00379. The summed E-state index contributed by atoms with van der Waals surface area (Å²) in [5.41, 5.74) is 1.39. The highest BCUT2D eigenvalue weighted by molar-refractivity contribution is 5.93. The fourth-order valence-electron chi connectivity index (χ4n) is 1.97. The van der Waals surface area contributed by atoms with Crippen molar-refractivity contribution in [3.8, 4) is 0 Å². The van der Waals surface area contributed by atoms with E-state index in [1.807, 2.05) is 11.0 Å². The van der Waals surface area contributed by atoms with Crippen LogP contribution in [0, 0.1) is 0 Å². The number of carbonyl (C=O) groups excluding carboxylic acids is 1. The van der Waals surface area contributed by atoms with Crippen LogP contribution < -0.4 is 5.32 Å². The van der Waals surface area contributed by atoms with E-state index in [1.54, 1.807) is 19.4 Å². The van der Waals surface area contributed by atoms with Crippen molar-refractivity contribution in [1.82, 2.24) is 9.88 Å². The first-order valence-corrected chi connectivity index (χ1v) is 7.21. The van der Waals surface area contributed by atoms with E-state index in [2.05, 4.69) is 24.1 Å². The molecular weight excluding hydrogens is 254 g/mol. The van der Waals surface area contributed by atoms with Crippen LogP contribution in [0.4, 0.5) is 5.69 Å². The van der Waals surface area contributed by atoms with Gasteiger partial charge in [-0.15, -0.1) is 0 Å². The number of nitrogens with zero attached hydrogens (tertiary/aromatic N) is 2. The molecule has 5 heteroatoms. The SMILES string of the molecule is CCCN(CCC)C(=O)c1cc(NCCOC)ccn1. The van der Waals surface area contributed by atoms with Crippen molar-refractivity contribution in [3.63, 3.8) is 0 Å². The summed E-state index contributed by atoms with van der Waals surface area (Å²) in [6.45, 7) is 7.04. The molecule has 0 atom stereocenters. The molecule has 0 spiro atoms. The van der Waals surface area contributed by atoms with Crippen LogP contribution in [0.1, 0.15) is 37.2 Å². The molecule has 1 aromatic rings. The maximum atomic E-state index is 12.4. The van der Waals surface area contributed by atoms with Crippen LogP contribution in [0.15, 0.2) is 18.3 Å². The Kier molecular flexibility index (Phi) is 7.65. The maximum Gasteiger partial charge on any atom is 0.272 e. The molecule has 0 fully saturated rings. The lowest BCUT2D eigenvalue weighted by molar-refractivity contribution is 0.0750. The topological polar surface area (TPSA) is 54.5 Å². The molecule has 1 rings (SSSR count). The predicted octanol–water partition coefficient (Wildman–Crippen LogP) is 2.40. The summed E-state index contributed by atoms with van der Waals surface area (Å²) in [4.78, 5) is 18.5. The Bertz CT molecular complexity index is 404. The molecular formula is C15H25N3O2. The summed E-state index contributed by atoms with van der Waals surface area (Å²) in [6, 6.07) is 3.66. The molecule has 20 heavy (non-hydrogen) atoms. The van der Waals surface area contributed by atoms with Gasteiger partial charge < -0.3 is 15.0 Å². The second kappa shape index (κ2) is 9.31. The molecule has 0 saturated carbocycles. The monoisotopic (exact) mass is 279 g/mol. The summed E-state index contributed by atoms with van der Waals surface area (Å²) in [5.74, 6) is 0.00379. The first kappa shape index (κ1) is 16.4. The summed E-state index contributed by atoms with van der Waals surface area (Å²) in [6.07, 6.45) is 3.58. The van der Waals surface area contributed by atoms with Gasteiger partial charge in [0.05, 0.1) is 6.61 Å². The number of amides is 1. The Balaban J connectivity index is 2.73. The van der Waals surface area contributed by atoms with Gasteiger partial charge in [0.1, 0.15) is 5.69 Å². The lowest BCUT2D eigenvalue weighted by Gasteiger charge is -2.21. The van der Waals surface area contributed by atoms with Gasteiger partial charge in [-0.3, -0.25) is 9.78 Å². The van der Waals surface area contributed by atoms with Gasteiger partial charge in [0.15, 0.2) is 0 Å². The van der Waals surface area contributed by atoms with Crippen molar-refractivity contribution in [2.24, 2.45) is 0 Å². The molecule has 112 valence electrons. The minimum Gasteiger partial charge on any atom is -0.383 e. The quantitative estimate of drug-likeness (QED) is 0.705. The van der Waals surface area contributed by atoms with Crippen LogP contribution in [-0.4, -0.2) is 49.1 Å². The largest absolute Gasteiger partial charge is 0.383 e. The third-order valence-electron chi connectivity index (χ3n) is 2.89. The van der Waals surface area contributed by atoms with Gasteiger partial charge in [0, 0.05) is 38.6 Å². The van der Waals surface area contributed by atoms with Crippen molar-refractivity contribution in [2.45, 2.75) is 26.7 Å². The van der Waals surface area contributed by atoms with Gasteiger partial charge in [-0.05, 0) is 25.0 Å². The predicted molar refractivity (Wildman–Crippen MR) is 81.1 cm³/mol. The van der Waals surface area contributed by atoms with E-state index in [-0.39, 0.29) is 5.91 Å². The summed E-state index contributed by atoms with van der Waals surface area (Å²) < 4.78 is 4.99. The second-order valence-electron chi connectivity index (χ2n) is 4.64. The Hall–Kier alpha value is -1.62. The highest BCUT2D eigenvalue weighted by Crippen LogP contribution is 2.10. The second-order valence-corrected chi connectivity index (χ2v) is 4.64. The number of hydrogen-bond donors (Lipinski definition) is 1. The fourth-order valence-corrected chi connectivity index (χ4v) is 1.97. The van der Waals surface area contributed by atoms with Gasteiger partial charge in [-0.2, -0.15) is 0 Å². The zero-order valence-corrected chi connectivity index (χ0v) is 12.7. The molecule has 5 nitrogen and oxygen atoms in total. The third-order valence-corrected chi connectivity index (χ3v) is 2.89. The normalized spacial score (nSPS) is 10.3. The van der Waals surface area contributed by atoms with E-state index in [0.717, 1.165) is 31.6 Å². The number of nitrogens with one attached hydrogen (secondary N) is 1. The molecule has 1 N–H and O–H groups in total. The number of aromatic nitrogens is 1. The zero-order chi connectivity index (χ0) is 14.8. The highest BCUT2D eigenvalue weighted by atomic mass is 16.5. The van der Waals surface area contributed by atoms with Gasteiger partial charge >= 0.3 is 0 Å². The summed E-state index contributed by atoms with van der Waals surface area (Å²) in [7, 11) is 1.66. The third kappa shape index (κ3) is 5.17. The Labute approximate surface area is 121 Å². The fraction of sp³-hybridized carbons (Fsp3) is 0.600. The van der Waals surface area contributed by atoms with Crippen molar-refractivity contribution < 1.29 is 9.53 Å². The molecule has 0 bridgehead atoms. The van der Waals surface area contributed by atoms with E-state index in [0.29, 0.717) is 18.8 Å². The molecule has 0 unspecified atom stereocenters. The molecule has 0 saturated heterocycles. The number of anilines is 1. The zero-order valence-electron chi connectivity index (χ0n) is 12.7. The first-order chi connectivity index (χ1) is 9.72. The molecule has 1 aromatic heterocycles. The summed E-state index contributed by atoms with van der Waals surface area (Å²) in [5, 5.41) is 3.21.